The van der Waals surface area contributed by atoms with Crippen molar-refractivity contribution in [2.24, 2.45) is 11.7 Å². The molecule has 0 aromatic rings. The summed E-state index contributed by atoms with van der Waals surface area (Å²) < 4.78 is 8.88. The Hall–Kier alpha value is -0.460. The van der Waals surface area contributed by atoms with Gasteiger partial charge in [0, 0.05) is 0 Å². The van der Waals surface area contributed by atoms with Gasteiger partial charge in [0.1, 0.15) is 6.04 Å². The van der Waals surface area contributed by atoms with Crippen LogP contribution in [-0.4, -0.2) is 31.8 Å². The van der Waals surface area contributed by atoms with Crippen LogP contribution in [-0.2, 0) is 9.36 Å². The lowest BCUT2D eigenvalue weighted by molar-refractivity contribution is -0.139. The molecular formula is C6H16NO6P. The molecule has 7 nitrogen and oxygen atoms in total. The van der Waals surface area contributed by atoms with E-state index in [1.165, 1.54) is 0 Å². The first-order valence-electron chi connectivity index (χ1n) is 3.86. The molecule has 0 aliphatic rings. The van der Waals surface area contributed by atoms with Crippen molar-refractivity contribution in [1.82, 2.24) is 0 Å². The summed E-state index contributed by atoms with van der Waals surface area (Å²) in [6, 6.07) is -0.699. The molecule has 0 aliphatic heterocycles. The number of carboxylic acids is 1. The SMILES string of the molecule is CC[C@H](C)[C@H](N)C(=O)O.O=P(O)(O)O. The van der Waals surface area contributed by atoms with Crippen LogP contribution in [0.1, 0.15) is 20.3 Å². The van der Waals surface area contributed by atoms with Gasteiger partial charge in [0.25, 0.3) is 0 Å². The van der Waals surface area contributed by atoms with E-state index in [0.717, 1.165) is 6.42 Å². The van der Waals surface area contributed by atoms with Crippen molar-refractivity contribution >= 4 is 13.8 Å². The first-order valence-corrected chi connectivity index (χ1v) is 5.42. The lowest BCUT2D eigenvalue weighted by Crippen LogP contribution is -2.36. The van der Waals surface area contributed by atoms with Gasteiger partial charge in [0.05, 0.1) is 0 Å². The lowest BCUT2D eigenvalue weighted by atomic mass is 10.0. The molecule has 0 aromatic heterocycles. The molecule has 0 saturated carbocycles. The minimum absolute atomic E-state index is 0.0718. The zero-order chi connectivity index (χ0) is 11.9. The van der Waals surface area contributed by atoms with Crippen LogP contribution in [0.5, 0.6) is 0 Å². The fraction of sp³-hybridized carbons (Fsp3) is 0.833. The van der Waals surface area contributed by atoms with E-state index in [2.05, 4.69) is 0 Å². The third kappa shape index (κ3) is 14.1. The fourth-order valence-corrected chi connectivity index (χ4v) is 0.497. The largest absolute Gasteiger partial charge is 0.480 e. The molecule has 2 atom stereocenters. The zero-order valence-electron chi connectivity index (χ0n) is 7.99. The van der Waals surface area contributed by atoms with Gasteiger partial charge in [-0.2, -0.15) is 0 Å². The highest BCUT2D eigenvalue weighted by atomic mass is 31.2. The van der Waals surface area contributed by atoms with E-state index in [1.54, 1.807) is 0 Å². The van der Waals surface area contributed by atoms with Crippen LogP contribution < -0.4 is 5.73 Å². The third-order valence-corrected chi connectivity index (χ3v) is 1.54. The zero-order valence-corrected chi connectivity index (χ0v) is 8.89. The molecule has 0 spiro atoms. The molecule has 0 radical (unpaired) electrons. The van der Waals surface area contributed by atoms with Gasteiger partial charge in [0.2, 0.25) is 0 Å². The van der Waals surface area contributed by atoms with E-state index < -0.39 is 19.8 Å². The van der Waals surface area contributed by atoms with Gasteiger partial charge in [-0.25, -0.2) is 4.57 Å². The molecule has 8 heteroatoms. The van der Waals surface area contributed by atoms with Crippen LogP contribution in [0.3, 0.4) is 0 Å². The van der Waals surface area contributed by atoms with E-state index in [1.807, 2.05) is 13.8 Å². The Morgan fingerprint density at radius 3 is 1.79 bits per heavy atom. The van der Waals surface area contributed by atoms with Gasteiger partial charge in [-0.1, -0.05) is 20.3 Å². The monoisotopic (exact) mass is 229 g/mol. The second-order valence-corrected chi connectivity index (χ2v) is 3.79. The minimum Gasteiger partial charge on any atom is -0.480 e. The fourth-order valence-electron chi connectivity index (χ4n) is 0.497. The smallest absolute Gasteiger partial charge is 0.466 e. The molecule has 0 heterocycles. The molecule has 0 saturated heterocycles. The number of carboxylic acid groups (broad SMARTS) is 1. The third-order valence-electron chi connectivity index (χ3n) is 1.54. The molecular weight excluding hydrogens is 213 g/mol. The van der Waals surface area contributed by atoms with Gasteiger partial charge in [-0.05, 0) is 5.92 Å². The van der Waals surface area contributed by atoms with E-state index in [4.69, 9.17) is 30.1 Å². The van der Waals surface area contributed by atoms with Crippen molar-refractivity contribution < 1.29 is 29.1 Å². The van der Waals surface area contributed by atoms with Gasteiger partial charge in [-0.3, -0.25) is 4.79 Å². The van der Waals surface area contributed by atoms with Gasteiger partial charge < -0.3 is 25.5 Å². The summed E-state index contributed by atoms with van der Waals surface area (Å²) in [5.74, 6) is -0.841. The Morgan fingerprint density at radius 2 is 1.71 bits per heavy atom. The highest BCUT2D eigenvalue weighted by Gasteiger charge is 2.17. The summed E-state index contributed by atoms with van der Waals surface area (Å²) >= 11 is 0. The maximum Gasteiger partial charge on any atom is 0.466 e. The molecule has 0 unspecified atom stereocenters. The first kappa shape index (κ1) is 16.0. The maximum absolute atomic E-state index is 10.2. The number of hydrogen-bond donors (Lipinski definition) is 5. The Bertz CT molecular complexity index is 206. The van der Waals surface area contributed by atoms with E-state index >= 15 is 0 Å². The number of aliphatic carboxylic acids is 1. The van der Waals surface area contributed by atoms with Gasteiger partial charge in [0.15, 0.2) is 0 Å². The van der Waals surface area contributed by atoms with Crippen LogP contribution in [0, 0.1) is 5.92 Å². The van der Waals surface area contributed by atoms with E-state index in [-0.39, 0.29) is 5.92 Å². The predicted molar refractivity (Wildman–Crippen MR) is 49.3 cm³/mol. The maximum atomic E-state index is 10.2. The van der Waals surface area contributed by atoms with E-state index in [0.29, 0.717) is 0 Å². The topological polar surface area (TPSA) is 141 Å². The quantitative estimate of drug-likeness (QED) is 0.411. The average Bonchev–Trinajstić information content (AvgIpc) is 1.98. The Balaban J connectivity index is 0. The average molecular weight is 229 g/mol. The number of phosphoric acid groups is 1. The van der Waals surface area contributed by atoms with Crippen LogP contribution in [0.15, 0.2) is 0 Å². The summed E-state index contributed by atoms with van der Waals surface area (Å²) in [7, 11) is -4.64. The lowest BCUT2D eigenvalue weighted by Gasteiger charge is -2.11. The van der Waals surface area contributed by atoms with Crippen molar-refractivity contribution in [3.63, 3.8) is 0 Å². The molecule has 86 valence electrons. The minimum atomic E-state index is -4.64. The number of carbonyl (C=O) groups is 1. The Labute approximate surface area is 81.8 Å². The molecule has 0 rings (SSSR count). The van der Waals surface area contributed by atoms with Crippen LogP contribution in [0.4, 0.5) is 0 Å². The summed E-state index contributed by atoms with van der Waals surface area (Å²) in [5, 5.41) is 8.36. The Kier molecular flexibility index (Phi) is 7.90. The second-order valence-electron chi connectivity index (χ2n) is 2.76. The number of rotatable bonds is 3. The Morgan fingerprint density at radius 1 is 1.43 bits per heavy atom. The summed E-state index contributed by atoms with van der Waals surface area (Å²) in [6.45, 7) is 3.76. The number of hydrogen-bond acceptors (Lipinski definition) is 3. The molecule has 0 aromatic carbocycles. The van der Waals surface area contributed by atoms with Crippen LogP contribution in [0.25, 0.3) is 0 Å². The summed E-state index contributed by atoms with van der Waals surface area (Å²) in [6.07, 6.45) is 0.813. The molecule has 0 amide bonds. The van der Waals surface area contributed by atoms with Gasteiger partial charge in [-0.15, -0.1) is 0 Å². The van der Waals surface area contributed by atoms with Gasteiger partial charge >= 0.3 is 13.8 Å². The number of nitrogens with two attached hydrogens (primary N) is 1. The van der Waals surface area contributed by atoms with Crippen LogP contribution in [0.2, 0.25) is 0 Å². The summed E-state index contributed by atoms with van der Waals surface area (Å²) in [4.78, 5) is 31.7. The van der Waals surface area contributed by atoms with E-state index in [9.17, 15) is 4.79 Å². The second kappa shape index (κ2) is 6.92. The van der Waals surface area contributed by atoms with Crippen molar-refractivity contribution in [1.29, 1.82) is 0 Å². The normalized spacial score (nSPS) is 15.0. The van der Waals surface area contributed by atoms with Crippen molar-refractivity contribution in [3.8, 4) is 0 Å². The predicted octanol–water partition coefficient (Wildman–Crippen LogP) is -0.484. The molecule has 0 aliphatic carbocycles. The van der Waals surface area contributed by atoms with Crippen molar-refractivity contribution in [2.45, 2.75) is 26.3 Å². The first-order chi connectivity index (χ1) is 6.09. The van der Waals surface area contributed by atoms with Crippen molar-refractivity contribution in [2.75, 3.05) is 0 Å². The standard InChI is InChI=1S/C6H13NO2.H3O4P/c1-3-4(2)5(7)6(8)9;1-5(2,3)4/h4-5H,3,7H2,1-2H3,(H,8,9);(H3,1,2,3,4)/t4-,5-;/m0./s1. The highest BCUT2D eigenvalue weighted by molar-refractivity contribution is 7.45. The molecule has 0 fully saturated rings. The van der Waals surface area contributed by atoms with Crippen molar-refractivity contribution in [3.05, 3.63) is 0 Å². The van der Waals surface area contributed by atoms with Crippen LogP contribution >= 0.6 is 7.82 Å². The molecule has 0 bridgehead atoms. The molecule has 6 N–H and O–H groups in total. The summed E-state index contributed by atoms with van der Waals surface area (Å²) in [5.41, 5.74) is 5.27. The molecule has 14 heavy (non-hydrogen) atoms. The highest BCUT2D eigenvalue weighted by Crippen LogP contribution is 2.25.